The second-order valence-corrected chi connectivity index (χ2v) is 3.02. The van der Waals surface area contributed by atoms with Gasteiger partial charge in [-0.25, -0.2) is 9.37 Å². The van der Waals surface area contributed by atoms with Gasteiger partial charge in [-0.15, -0.1) is 0 Å². The molecule has 2 N–H and O–H groups in total. The molecule has 4 heteroatoms. The molecule has 0 atom stereocenters. The molecule has 0 fully saturated rings. The number of benzene rings is 1. The maximum absolute atomic E-state index is 13.2. The third-order valence-corrected chi connectivity index (χ3v) is 1.83. The number of rotatable bonds is 2. The number of nitrogens with one attached hydrogen (secondary N) is 2. The summed E-state index contributed by atoms with van der Waals surface area (Å²) in [5.74, 6) is 0.258. The van der Waals surface area contributed by atoms with Crippen molar-refractivity contribution >= 4 is 11.6 Å². The van der Waals surface area contributed by atoms with Crippen molar-refractivity contribution in [1.29, 1.82) is 0 Å². The third-order valence-electron chi connectivity index (χ3n) is 1.83. The normalized spacial score (nSPS) is 10.1. The van der Waals surface area contributed by atoms with Crippen LogP contribution in [0.1, 0.15) is 5.69 Å². The number of halogens is 1. The number of aromatic nitrogens is 2. The summed E-state index contributed by atoms with van der Waals surface area (Å²) in [4.78, 5) is 6.98. The summed E-state index contributed by atoms with van der Waals surface area (Å²) in [6.45, 7) is 1.89. The van der Waals surface area contributed by atoms with Crippen LogP contribution in [0, 0.1) is 12.7 Å². The fourth-order valence-electron chi connectivity index (χ4n) is 1.17. The van der Waals surface area contributed by atoms with Crippen LogP contribution in [0.25, 0.3) is 0 Å². The molecule has 3 nitrogen and oxygen atoms in total. The molecule has 72 valence electrons. The lowest BCUT2D eigenvalue weighted by Gasteiger charge is -2.02. The Balaban J connectivity index is 2.23. The van der Waals surface area contributed by atoms with Crippen molar-refractivity contribution in [2.75, 3.05) is 5.32 Å². The molecule has 0 aliphatic carbocycles. The molecular formula is C10H10FN3. The van der Waals surface area contributed by atoms with Crippen molar-refractivity contribution in [3.05, 3.63) is 42.0 Å². The number of nitrogens with zero attached hydrogens (tertiary/aromatic N) is 1. The Labute approximate surface area is 81.0 Å². The average molecular weight is 191 g/mol. The summed E-state index contributed by atoms with van der Waals surface area (Å²) >= 11 is 0. The second-order valence-electron chi connectivity index (χ2n) is 3.02. The zero-order chi connectivity index (χ0) is 9.97. The topological polar surface area (TPSA) is 40.7 Å². The number of aryl methyl sites for hydroxylation is 1. The first-order chi connectivity index (χ1) is 6.75. The molecule has 0 aliphatic rings. The zero-order valence-corrected chi connectivity index (χ0v) is 7.71. The van der Waals surface area contributed by atoms with Crippen molar-refractivity contribution in [3.8, 4) is 0 Å². The van der Waals surface area contributed by atoms with Crippen LogP contribution in [-0.4, -0.2) is 9.97 Å². The Morgan fingerprint density at radius 1 is 1.36 bits per heavy atom. The van der Waals surface area contributed by atoms with E-state index in [1.54, 1.807) is 24.4 Å². The largest absolute Gasteiger partial charge is 0.328 e. The van der Waals surface area contributed by atoms with Crippen molar-refractivity contribution in [2.24, 2.45) is 0 Å². The Kier molecular flexibility index (Phi) is 2.18. The Hall–Kier alpha value is -1.84. The van der Waals surface area contributed by atoms with Gasteiger partial charge in [0.15, 0.2) is 0 Å². The Morgan fingerprint density at radius 3 is 2.79 bits per heavy atom. The van der Waals surface area contributed by atoms with E-state index < -0.39 is 0 Å². The van der Waals surface area contributed by atoms with Crippen molar-refractivity contribution in [2.45, 2.75) is 6.92 Å². The van der Waals surface area contributed by atoms with E-state index in [0.29, 0.717) is 11.6 Å². The average Bonchev–Trinajstić information content (AvgIpc) is 2.56. The first-order valence-corrected chi connectivity index (χ1v) is 4.29. The fraction of sp³-hybridized carbons (Fsp3) is 0.100. The van der Waals surface area contributed by atoms with Crippen molar-refractivity contribution in [3.63, 3.8) is 0 Å². The molecule has 0 aliphatic heterocycles. The van der Waals surface area contributed by atoms with Gasteiger partial charge in [-0.3, -0.25) is 0 Å². The van der Waals surface area contributed by atoms with Crippen molar-refractivity contribution < 1.29 is 4.39 Å². The molecule has 1 aromatic heterocycles. The van der Waals surface area contributed by atoms with Gasteiger partial charge in [-0.2, -0.15) is 0 Å². The maximum Gasteiger partial charge on any atom is 0.204 e. The van der Waals surface area contributed by atoms with E-state index in [-0.39, 0.29) is 5.82 Å². The second kappa shape index (κ2) is 3.49. The summed E-state index contributed by atoms with van der Waals surface area (Å²) in [6, 6.07) is 6.47. The highest BCUT2D eigenvalue weighted by Gasteiger charge is 2.02. The minimum absolute atomic E-state index is 0.290. The lowest BCUT2D eigenvalue weighted by atomic mass is 10.3. The molecule has 1 aromatic carbocycles. The van der Waals surface area contributed by atoms with Gasteiger partial charge >= 0.3 is 0 Å². The number of aromatic amines is 1. The quantitative estimate of drug-likeness (QED) is 0.766. The van der Waals surface area contributed by atoms with E-state index in [9.17, 15) is 4.39 Å². The van der Waals surface area contributed by atoms with Crippen LogP contribution >= 0.6 is 0 Å². The minimum atomic E-state index is -0.290. The standard InChI is InChI=1S/C10H10FN3/c1-7-6-12-10(13-7)14-9-5-3-2-4-8(9)11/h2-6H,1H3,(H2,12,13,14). The van der Waals surface area contributed by atoms with Gasteiger partial charge in [-0.1, -0.05) is 12.1 Å². The van der Waals surface area contributed by atoms with Crippen LogP contribution in [0.15, 0.2) is 30.5 Å². The van der Waals surface area contributed by atoms with Crippen molar-refractivity contribution in [1.82, 2.24) is 9.97 Å². The molecule has 0 saturated carbocycles. The van der Waals surface area contributed by atoms with E-state index in [2.05, 4.69) is 15.3 Å². The minimum Gasteiger partial charge on any atom is -0.328 e. The highest BCUT2D eigenvalue weighted by Crippen LogP contribution is 2.16. The monoisotopic (exact) mass is 191 g/mol. The fourth-order valence-corrected chi connectivity index (χ4v) is 1.17. The van der Waals surface area contributed by atoms with Gasteiger partial charge in [0, 0.05) is 11.9 Å². The number of hydrogen-bond acceptors (Lipinski definition) is 2. The first kappa shape index (κ1) is 8.74. The molecule has 0 bridgehead atoms. The lowest BCUT2D eigenvalue weighted by molar-refractivity contribution is 0.631. The summed E-state index contributed by atoms with van der Waals surface area (Å²) in [6.07, 6.45) is 1.68. The molecule has 14 heavy (non-hydrogen) atoms. The van der Waals surface area contributed by atoms with Crippen LogP contribution in [0.5, 0.6) is 0 Å². The number of hydrogen-bond donors (Lipinski definition) is 2. The molecule has 1 heterocycles. The van der Waals surface area contributed by atoms with Gasteiger partial charge in [0.25, 0.3) is 0 Å². The van der Waals surface area contributed by atoms with E-state index >= 15 is 0 Å². The third kappa shape index (κ3) is 1.74. The van der Waals surface area contributed by atoms with Crippen LogP contribution in [0.4, 0.5) is 16.0 Å². The van der Waals surface area contributed by atoms with Gasteiger partial charge in [0.1, 0.15) is 5.82 Å². The number of H-pyrrole nitrogens is 1. The molecule has 0 unspecified atom stereocenters. The van der Waals surface area contributed by atoms with E-state index in [1.165, 1.54) is 6.07 Å². The van der Waals surface area contributed by atoms with Gasteiger partial charge in [-0.05, 0) is 19.1 Å². The molecular weight excluding hydrogens is 181 g/mol. The highest BCUT2D eigenvalue weighted by atomic mass is 19.1. The molecule has 2 aromatic rings. The van der Waals surface area contributed by atoms with E-state index in [4.69, 9.17) is 0 Å². The predicted molar refractivity (Wildman–Crippen MR) is 53.0 cm³/mol. The van der Waals surface area contributed by atoms with Crippen LogP contribution in [0.3, 0.4) is 0 Å². The predicted octanol–water partition coefficient (Wildman–Crippen LogP) is 2.60. The lowest BCUT2D eigenvalue weighted by Crippen LogP contribution is -1.94. The van der Waals surface area contributed by atoms with Crippen LogP contribution in [-0.2, 0) is 0 Å². The first-order valence-electron chi connectivity index (χ1n) is 4.29. The van der Waals surface area contributed by atoms with Gasteiger partial charge in [0.05, 0.1) is 5.69 Å². The number of imidazole rings is 1. The molecule has 2 rings (SSSR count). The smallest absolute Gasteiger partial charge is 0.204 e. The van der Waals surface area contributed by atoms with E-state index in [1.807, 2.05) is 6.92 Å². The molecule has 0 spiro atoms. The summed E-state index contributed by atoms with van der Waals surface area (Å²) in [5, 5.41) is 2.85. The number of para-hydroxylation sites is 1. The SMILES string of the molecule is Cc1cnc(Nc2ccccc2F)[nH]1. The highest BCUT2D eigenvalue weighted by molar-refractivity contribution is 5.53. The summed E-state index contributed by atoms with van der Waals surface area (Å²) in [7, 11) is 0. The van der Waals surface area contributed by atoms with Gasteiger partial charge in [0.2, 0.25) is 5.95 Å². The summed E-state index contributed by atoms with van der Waals surface area (Å²) in [5.41, 5.74) is 1.35. The Bertz CT molecular complexity index is 436. The molecule has 0 saturated heterocycles. The van der Waals surface area contributed by atoms with Gasteiger partial charge < -0.3 is 10.3 Å². The zero-order valence-electron chi connectivity index (χ0n) is 7.71. The molecule has 0 radical (unpaired) electrons. The summed E-state index contributed by atoms with van der Waals surface area (Å²) < 4.78 is 13.2. The van der Waals surface area contributed by atoms with Crippen LogP contribution < -0.4 is 5.32 Å². The van der Waals surface area contributed by atoms with E-state index in [0.717, 1.165) is 5.69 Å². The van der Waals surface area contributed by atoms with Crippen LogP contribution in [0.2, 0.25) is 0 Å². The number of anilines is 2. The Morgan fingerprint density at radius 2 is 2.14 bits per heavy atom. The molecule has 0 amide bonds. The maximum atomic E-state index is 13.2.